The molecule has 1 N–H and O–H groups in total. The monoisotopic (exact) mass is 396 g/mol. The van der Waals surface area contributed by atoms with Gasteiger partial charge in [0.15, 0.2) is 0 Å². The molecule has 0 saturated heterocycles. The first-order valence-corrected chi connectivity index (χ1v) is 8.47. The van der Waals surface area contributed by atoms with E-state index in [2.05, 4.69) is 5.32 Å². The molecule has 1 amide bonds. The number of nitro benzene ring substituents is 1. The summed E-state index contributed by atoms with van der Waals surface area (Å²) >= 11 is 12.0. The summed E-state index contributed by atoms with van der Waals surface area (Å²) in [7, 11) is 1.43. The zero-order chi connectivity index (χ0) is 19.5. The van der Waals surface area contributed by atoms with Crippen LogP contribution in [0.1, 0.15) is 29.8 Å². The minimum absolute atomic E-state index is 0.0562. The van der Waals surface area contributed by atoms with Crippen molar-refractivity contribution in [3.63, 3.8) is 0 Å². The predicted octanol–water partition coefficient (Wildman–Crippen LogP) is 4.62. The summed E-state index contributed by atoms with van der Waals surface area (Å²) in [6.07, 6.45) is 0. The Hall–Kier alpha value is -2.31. The van der Waals surface area contributed by atoms with Crippen molar-refractivity contribution in [2.45, 2.75) is 19.3 Å². The molecule has 0 spiro atoms. The van der Waals surface area contributed by atoms with E-state index < -0.39 is 16.2 Å². The van der Waals surface area contributed by atoms with Crippen LogP contribution in [0.4, 0.5) is 5.69 Å². The zero-order valence-electron chi connectivity index (χ0n) is 14.5. The second-order valence-corrected chi connectivity index (χ2v) is 7.15. The topological polar surface area (TPSA) is 81.5 Å². The van der Waals surface area contributed by atoms with Gasteiger partial charge in [0.25, 0.3) is 11.6 Å². The molecular weight excluding hydrogens is 379 g/mol. The SMILES string of the molecule is COc1ccc([N+](=O)[O-])c(C(=O)NCC(C)(C)c2ccc(Cl)c(Cl)c2)c1. The lowest BCUT2D eigenvalue weighted by Crippen LogP contribution is -2.37. The van der Waals surface area contributed by atoms with E-state index in [1.54, 1.807) is 12.1 Å². The molecule has 0 aliphatic rings. The summed E-state index contributed by atoms with van der Waals surface area (Å²) in [5.41, 5.74) is 0.0830. The first kappa shape index (κ1) is 20.0. The normalized spacial score (nSPS) is 11.1. The molecule has 2 aromatic carbocycles. The van der Waals surface area contributed by atoms with Crippen molar-refractivity contribution in [2.75, 3.05) is 13.7 Å². The van der Waals surface area contributed by atoms with E-state index in [-0.39, 0.29) is 17.8 Å². The molecule has 0 aromatic heterocycles. The summed E-state index contributed by atoms with van der Waals surface area (Å²) in [6, 6.07) is 9.29. The lowest BCUT2D eigenvalue weighted by molar-refractivity contribution is -0.385. The lowest BCUT2D eigenvalue weighted by atomic mass is 9.84. The van der Waals surface area contributed by atoms with E-state index in [0.717, 1.165) is 5.56 Å². The molecule has 0 atom stereocenters. The molecule has 0 aliphatic carbocycles. The molecular formula is C18H18Cl2N2O4. The third kappa shape index (κ3) is 4.45. The Morgan fingerprint density at radius 1 is 1.19 bits per heavy atom. The van der Waals surface area contributed by atoms with Gasteiger partial charge < -0.3 is 10.1 Å². The number of carbonyl (C=O) groups is 1. The van der Waals surface area contributed by atoms with Crippen molar-refractivity contribution in [3.05, 3.63) is 67.7 Å². The van der Waals surface area contributed by atoms with Gasteiger partial charge in [-0.2, -0.15) is 0 Å². The number of benzene rings is 2. The average molecular weight is 397 g/mol. The van der Waals surface area contributed by atoms with Gasteiger partial charge in [-0.25, -0.2) is 0 Å². The van der Waals surface area contributed by atoms with Crippen LogP contribution in [0.15, 0.2) is 36.4 Å². The van der Waals surface area contributed by atoms with Crippen molar-refractivity contribution >= 4 is 34.8 Å². The van der Waals surface area contributed by atoms with E-state index in [1.807, 2.05) is 19.9 Å². The molecule has 26 heavy (non-hydrogen) atoms. The van der Waals surface area contributed by atoms with Gasteiger partial charge in [0.05, 0.1) is 22.1 Å². The van der Waals surface area contributed by atoms with Crippen molar-refractivity contribution < 1.29 is 14.5 Å². The molecule has 0 saturated carbocycles. The molecule has 0 heterocycles. The van der Waals surface area contributed by atoms with Crippen LogP contribution < -0.4 is 10.1 Å². The van der Waals surface area contributed by atoms with E-state index in [0.29, 0.717) is 15.8 Å². The fraction of sp³-hybridized carbons (Fsp3) is 0.278. The Bertz CT molecular complexity index is 853. The average Bonchev–Trinajstić information content (AvgIpc) is 2.61. The molecule has 0 aliphatic heterocycles. The summed E-state index contributed by atoms with van der Waals surface area (Å²) in [5.74, 6) is -0.187. The van der Waals surface area contributed by atoms with E-state index in [9.17, 15) is 14.9 Å². The number of methoxy groups -OCH3 is 1. The van der Waals surface area contributed by atoms with Crippen LogP contribution in [0, 0.1) is 10.1 Å². The number of amides is 1. The van der Waals surface area contributed by atoms with E-state index in [1.165, 1.54) is 25.3 Å². The molecule has 0 fully saturated rings. The molecule has 6 nitrogen and oxygen atoms in total. The molecule has 0 unspecified atom stereocenters. The van der Waals surface area contributed by atoms with Crippen molar-refractivity contribution in [3.8, 4) is 5.75 Å². The fourth-order valence-electron chi connectivity index (χ4n) is 2.40. The smallest absolute Gasteiger partial charge is 0.282 e. The number of nitrogens with zero attached hydrogens (tertiary/aromatic N) is 1. The predicted molar refractivity (Wildman–Crippen MR) is 101 cm³/mol. The number of nitro groups is 1. The number of nitrogens with one attached hydrogen (secondary N) is 1. The van der Waals surface area contributed by atoms with Gasteiger partial charge in [0, 0.05) is 18.0 Å². The molecule has 2 rings (SSSR count). The Balaban J connectivity index is 2.22. The van der Waals surface area contributed by atoms with Crippen LogP contribution in [0.5, 0.6) is 5.75 Å². The summed E-state index contributed by atoms with van der Waals surface area (Å²) in [4.78, 5) is 23.1. The van der Waals surface area contributed by atoms with Gasteiger partial charge in [-0.15, -0.1) is 0 Å². The zero-order valence-corrected chi connectivity index (χ0v) is 16.0. The number of carbonyl (C=O) groups excluding carboxylic acids is 1. The Morgan fingerprint density at radius 2 is 1.88 bits per heavy atom. The maximum atomic E-state index is 12.5. The number of rotatable bonds is 6. The highest BCUT2D eigenvalue weighted by molar-refractivity contribution is 6.42. The lowest BCUT2D eigenvalue weighted by Gasteiger charge is -2.26. The van der Waals surface area contributed by atoms with Crippen molar-refractivity contribution in [2.24, 2.45) is 0 Å². The number of hydrogen-bond donors (Lipinski definition) is 1. The Kier molecular flexibility index (Phi) is 6.10. The van der Waals surface area contributed by atoms with Gasteiger partial charge in [-0.05, 0) is 29.8 Å². The van der Waals surface area contributed by atoms with Crippen LogP contribution >= 0.6 is 23.2 Å². The standard InChI is InChI=1S/C18H18Cl2N2O4/c1-18(2,11-4-6-14(19)15(20)8-11)10-21-17(23)13-9-12(26-3)5-7-16(13)22(24)25/h4-9H,10H2,1-3H3,(H,21,23). The summed E-state index contributed by atoms with van der Waals surface area (Å²) in [6.45, 7) is 4.10. The number of hydrogen-bond acceptors (Lipinski definition) is 4. The van der Waals surface area contributed by atoms with Crippen LogP contribution in [-0.2, 0) is 5.41 Å². The van der Waals surface area contributed by atoms with Crippen LogP contribution in [0.3, 0.4) is 0 Å². The maximum absolute atomic E-state index is 12.5. The third-order valence-corrected chi connectivity index (χ3v) is 4.78. The number of ether oxygens (including phenoxy) is 1. The number of halogens is 2. The van der Waals surface area contributed by atoms with Gasteiger partial charge in [-0.3, -0.25) is 14.9 Å². The van der Waals surface area contributed by atoms with Crippen molar-refractivity contribution in [1.29, 1.82) is 0 Å². The molecule has 0 bridgehead atoms. The fourth-order valence-corrected chi connectivity index (χ4v) is 2.70. The van der Waals surface area contributed by atoms with Crippen LogP contribution in [0.25, 0.3) is 0 Å². The Labute approximate surface area is 161 Å². The maximum Gasteiger partial charge on any atom is 0.282 e. The van der Waals surface area contributed by atoms with Gasteiger partial charge in [-0.1, -0.05) is 43.1 Å². The van der Waals surface area contributed by atoms with Crippen molar-refractivity contribution in [1.82, 2.24) is 5.32 Å². The molecule has 8 heteroatoms. The highest BCUT2D eigenvalue weighted by Gasteiger charge is 2.25. The summed E-state index contributed by atoms with van der Waals surface area (Å²) in [5, 5.41) is 14.8. The first-order chi connectivity index (χ1) is 12.2. The van der Waals surface area contributed by atoms with Crippen LogP contribution in [-0.4, -0.2) is 24.5 Å². The quantitative estimate of drug-likeness (QED) is 0.570. The highest BCUT2D eigenvalue weighted by Crippen LogP contribution is 2.30. The second-order valence-electron chi connectivity index (χ2n) is 6.34. The van der Waals surface area contributed by atoms with E-state index in [4.69, 9.17) is 27.9 Å². The minimum Gasteiger partial charge on any atom is -0.497 e. The van der Waals surface area contributed by atoms with E-state index >= 15 is 0 Å². The molecule has 138 valence electrons. The van der Waals surface area contributed by atoms with Gasteiger partial charge in [0.1, 0.15) is 11.3 Å². The molecule has 0 radical (unpaired) electrons. The third-order valence-electron chi connectivity index (χ3n) is 4.04. The largest absolute Gasteiger partial charge is 0.497 e. The van der Waals surface area contributed by atoms with Gasteiger partial charge >= 0.3 is 0 Å². The first-order valence-electron chi connectivity index (χ1n) is 7.72. The highest BCUT2D eigenvalue weighted by atomic mass is 35.5. The van der Waals surface area contributed by atoms with Crippen LogP contribution in [0.2, 0.25) is 10.0 Å². The Morgan fingerprint density at radius 3 is 2.46 bits per heavy atom. The second kappa shape index (κ2) is 7.93. The minimum atomic E-state index is -0.599. The summed E-state index contributed by atoms with van der Waals surface area (Å²) < 4.78 is 5.05. The van der Waals surface area contributed by atoms with Gasteiger partial charge in [0.2, 0.25) is 0 Å². The molecule has 2 aromatic rings.